The van der Waals surface area contributed by atoms with Crippen molar-refractivity contribution in [2.75, 3.05) is 19.1 Å². The molecular formula is C13H16FNO3. The average molecular weight is 253 g/mol. The summed E-state index contributed by atoms with van der Waals surface area (Å²) in [6.45, 7) is 1.43. The van der Waals surface area contributed by atoms with Crippen LogP contribution in [0.4, 0.5) is 10.1 Å². The van der Waals surface area contributed by atoms with E-state index in [1.807, 2.05) is 0 Å². The summed E-state index contributed by atoms with van der Waals surface area (Å²) in [6.07, 6.45) is 0.284. The molecule has 0 N–H and O–H groups in total. The highest BCUT2D eigenvalue weighted by atomic mass is 19.1. The number of Topliss-reactive ketones (excluding diaryl/α,β-unsaturated/α-hetero) is 1. The number of hydrogen-bond donors (Lipinski definition) is 0. The zero-order valence-corrected chi connectivity index (χ0v) is 10.7. The number of rotatable bonds is 5. The molecule has 5 heteroatoms. The molecule has 0 spiro atoms. The molecule has 0 aromatic heterocycles. The fourth-order valence-electron chi connectivity index (χ4n) is 1.51. The van der Waals surface area contributed by atoms with Crippen LogP contribution in [0.25, 0.3) is 0 Å². The molecule has 0 saturated heterocycles. The molecule has 0 aliphatic heterocycles. The van der Waals surface area contributed by atoms with Crippen LogP contribution in [-0.2, 0) is 9.59 Å². The number of halogens is 1. The SMILES string of the molecule is COc1ccc(F)cc1N(C)C(=O)CCC(C)=O. The highest BCUT2D eigenvalue weighted by Gasteiger charge is 2.16. The maximum atomic E-state index is 13.2. The molecule has 18 heavy (non-hydrogen) atoms. The van der Waals surface area contributed by atoms with Gasteiger partial charge in [-0.3, -0.25) is 4.79 Å². The van der Waals surface area contributed by atoms with Crippen molar-refractivity contribution in [3.63, 3.8) is 0 Å². The monoisotopic (exact) mass is 253 g/mol. The van der Waals surface area contributed by atoms with E-state index < -0.39 is 5.82 Å². The van der Waals surface area contributed by atoms with Gasteiger partial charge in [0.15, 0.2) is 0 Å². The first-order chi connectivity index (χ1) is 8.45. The van der Waals surface area contributed by atoms with Gasteiger partial charge in [0.05, 0.1) is 12.8 Å². The number of methoxy groups -OCH3 is 1. The molecule has 0 saturated carbocycles. The maximum absolute atomic E-state index is 13.2. The van der Waals surface area contributed by atoms with Gasteiger partial charge < -0.3 is 14.4 Å². The fourth-order valence-corrected chi connectivity index (χ4v) is 1.51. The Morgan fingerprint density at radius 1 is 1.33 bits per heavy atom. The third-order valence-electron chi connectivity index (χ3n) is 2.57. The number of ether oxygens (including phenoxy) is 1. The molecule has 0 atom stereocenters. The normalized spacial score (nSPS) is 10.0. The van der Waals surface area contributed by atoms with Crippen molar-refractivity contribution in [1.29, 1.82) is 0 Å². The summed E-state index contributed by atoms with van der Waals surface area (Å²) in [5.74, 6) is -0.343. The molecule has 98 valence electrons. The van der Waals surface area contributed by atoms with Gasteiger partial charge in [-0.1, -0.05) is 0 Å². The van der Waals surface area contributed by atoms with Crippen molar-refractivity contribution < 1.29 is 18.7 Å². The van der Waals surface area contributed by atoms with E-state index in [0.717, 1.165) is 0 Å². The van der Waals surface area contributed by atoms with Gasteiger partial charge in [0.2, 0.25) is 5.91 Å². The number of benzene rings is 1. The first-order valence-electron chi connectivity index (χ1n) is 5.55. The number of hydrogen-bond acceptors (Lipinski definition) is 3. The molecule has 0 unspecified atom stereocenters. The molecule has 1 aromatic rings. The van der Waals surface area contributed by atoms with Gasteiger partial charge in [0.25, 0.3) is 0 Å². The van der Waals surface area contributed by atoms with E-state index in [4.69, 9.17) is 4.74 Å². The standard InChI is InChI=1S/C13H16FNO3/c1-9(16)4-7-13(17)15(2)11-8-10(14)5-6-12(11)18-3/h5-6,8H,4,7H2,1-3H3. The largest absolute Gasteiger partial charge is 0.495 e. The summed E-state index contributed by atoms with van der Waals surface area (Å²) >= 11 is 0. The molecule has 1 rings (SSSR count). The molecule has 1 aromatic carbocycles. The second-order valence-corrected chi connectivity index (χ2v) is 3.97. The highest BCUT2D eigenvalue weighted by Crippen LogP contribution is 2.28. The Balaban J connectivity index is 2.88. The van der Waals surface area contributed by atoms with Gasteiger partial charge in [-0.2, -0.15) is 0 Å². The van der Waals surface area contributed by atoms with Crippen molar-refractivity contribution in [3.8, 4) is 5.75 Å². The molecule has 0 radical (unpaired) electrons. The molecular weight excluding hydrogens is 237 g/mol. The Kier molecular flexibility index (Phi) is 4.83. The fraction of sp³-hybridized carbons (Fsp3) is 0.385. The Labute approximate surface area is 105 Å². The smallest absolute Gasteiger partial charge is 0.227 e. The third-order valence-corrected chi connectivity index (χ3v) is 2.57. The second-order valence-electron chi connectivity index (χ2n) is 3.97. The number of ketones is 1. The summed E-state index contributed by atoms with van der Waals surface area (Å²) < 4.78 is 18.2. The summed E-state index contributed by atoms with van der Waals surface area (Å²) in [5.41, 5.74) is 0.353. The van der Waals surface area contributed by atoms with Crippen LogP contribution in [0.15, 0.2) is 18.2 Å². The van der Waals surface area contributed by atoms with Crippen molar-refractivity contribution in [2.24, 2.45) is 0 Å². The van der Waals surface area contributed by atoms with Crippen LogP contribution in [0, 0.1) is 5.82 Å². The lowest BCUT2D eigenvalue weighted by Crippen LogP contribution is -2.27. The quantitative estimate of drug-likeness (QED) is 0.808. The predicted molar refractivity (Wildman–Crippen MR) is 66.3 cm³/mol. The predicted octanol–water partition coefficient (Wildman–Crippen LogP) is 2.17. The van der Waals surface area contributed by atoms with Crippen LogP contribution in [0.2, 0.25) is 0 Å². The van der Waals surface area contributed by atoms with E-state index in [0.29, 0.717) is 11.4 Å². The van der Waals surface area contributed by atoms with Crippen molar-refractivity contribution in [2.45, 2.75) is 19.8 Å². The molecule has 1 amide bonds. The van der Waals surface area contributed by atoms with Gasteiger partial charge in [-0.15, -0.1) is 0 Å². The lowest BCUT2D eigenvalue weighted by molar-refractivity contribution is -0.122. The Morgan fingerprint density at radius 3 is 2.56 bits per heavy atom. The van der Waals surface area contributed by atoms with E-state index in [1.54, 1.807) is 0 Å². The number of nitrogens with zero attached hydrogens (tertiary/aromatic N) is 1. The van der Waals surface area contributed by atoms with Gasteiger partial charge in [0.1, 0.15) is 17.3 Å². The molecule has 0 bridgehead atoms. The summed E-state index contributed by atoms with van der Waals surface area (Å²) in [5, 5.41) is 0. The summed E-state index contributed by atoms with van der Waals surface area (Å²) in [4.78, 5) is 23.9. The minimum Gasteiger partial charge on any atom is -0.495 e. The third kappa shape index (κ3) is 3.55. The Bertz CT molecular complexity index is 460. The van der Waals surface area contributed by atoms with Gasteiger partial charge in [0, 0.05) is 26.0 Å². The van der Waals surface area contributed by atoms with Crippen LogP contribution < -0.4 is 9.64 Å². The zero-order valence-electron chi connectivity index (χ0n) is 10.7. The van der Waals surface area contributed by atoms with E-state index >= 15 is 0 Å². The lowest BCUT2D eigenvalue weighted by atomic mass is 10.2. The Hall–Kier alpha value is -1.91. The van der Waals surface area contributed by atoms with Gasteiger partial charge in [-0.05, 0) is 19.1 Å². The minimum atomic E-state index is -0.447. The van der Waals surface area contributed by atoms with Crippen LogP contribution in [-0.4, -0.2) is 25.8 Å². The second kappa shape index (κ2) is 6.14. The average Bonchev–Trinajstić information content (AvgIpc) is 2.34. The lowest BCUT2D eigenvalue weighted by Gasteiger charge is -2.19. The zero-order chi connectivity index (χ0) is 13.7. The van der Waals surface area contributed by atoms with Gasteiger partial charge in [-0.25, -0.2) is 4.39 Å². The van der Waals surface area contributed by atoms with Crippen LogP contribution in [0.1, 0.15) is 19.8 Å². The molecule has 0 fully saturated rings. The van der Waals surface area contributed by atoms with Crippen LogP contribution in [0.3, 0.4) is 0 Å². The summed E-state index contributed by atoms with van der Waals surface area (Å²) in [6, 6.07) is 3.94. The first-order valence-corrected chi connectivity index (χ1v) is 5.55. The number of anilines is 1. The summed E-state index contributed by atoms with van der Waals surface area (Å²) in [7, 11) is 2.98. The van der Waals surface area contributed by atoms with Crippen LogP contribution in [0.5, 0.6) is 5.75 Å². The maximum Gasteiger partial charge on any atom is 0.227 e. The molecule has 0 aliphatic rings. The molecule has 0 heterocycles. The number of carbonyl (C=O) groups is 2. The minimum absolute atomic E-state index is 0.0528. The van der Waals surface area contributed by atoms with E-state index in [-0.39, 0.29) is 24.5 Å². The molecule has 0 aliphatic carbocycles. The number of carbonyl (C=O) groups excluding carboxylic acids is 2. The van der Waals surface area contributed by atoms with Crippen molar-refractivity contribution in [1.82, 2.24) is 0 Å². The van der Waals surface area contributed by atoms with Crippen molar-refractivity contribution >= 4 is 17.4 Å². The van der Waals surface area contributed by atoms with Crippen molar-refractivity contribution in [3.05, 3.63) is 24.0 Å². The highest BCUT2D eigenvalue weighted by molar-refractivity contribution is 5.96. The first kappa shape index (κ1) is 14.2. The molecule has 4 nitrogen and oxygen atoms in total. The Morgan fingerprint density at radius 2 is 2.00 bits per heavy atom. The van der Waals surface area contributed by atoms with Crippen LogP contribution >= 0.6 is 0 Å². The number of amides is 1. The topological polar surface area (TPSA) is 46.6 Å². The van der Waals surface area contributed by atoms with E-state index in [2.05, 4.69) is 0 Å². The van der Waals surface area contributed by atoms with E-state index in [1.165, 1.54) is 44.2 Å². The van der Waals surface area contributed by atoms with E-state index in [9.17, 15) is 14.0 Å². The van der Waals surface area contributed by atoms with Gasteiger partial charge >= 0.3 is 0 Å².